The summed E-state index contributed by atoms with van der Waals surface area (Å²) in [6.07, 6.45) is 5.87. The summed E-state index contributed by atoms with van der Waals surface area (Å²) in [5.74, 6) is -1.06. The summed E-state index contributed by atoms with van der Waals surface area (Å²) in [4.78, 5) is 28.2. The fourth-order valence-electron chi connectivity index (χ4n) is 1.92. The maximum Gasteiger partial charge on any atom is 0.337 e. The number of carboxylic acid groups (broad SMARTS) is 1. The highest BCUT2D eigenvalue weighted by atomic mass is 16.4. The minimum atomic E-state index is -1.06. The van der Waals surface area contributed by atoms with Gasteiger partial charge in [-0.25, -0.2) is 9.59 Å². The van der Waals surface area contributed by atoms with Crippen LogP contribution in [-0.2, 0) is 0 Å². The van der Waals surface area contributed by atoms with Crippen molar-refractivity contribution in [2.75, 3.05) is 18.4 Å². The van der Waals surface area contributed by atoms with Crippen molar-refractivity contribution >= 4 is 17.7 Å². The molecule has 2 amide bonds. The number of nitrogens with zero attached hydrogens (tertiary/aromatic N) is 2. The number of urea groups is 1. The highest BCUT2D eigenvalue weighted by Crippen LogP contribution is 2.13. The van der Waals surface area contributed by atoms with Gasteiger partial charge < -0.3 is 15.3 Å². The van der Waals surface area contributed by atoms with E-state index >= 15 is 0 Å². The summed E-state index contributed by atoms with van der Waals surface area (Å²) in [6.45, 7) is 1.50. The molecule has 6 nitrogen and oxygen atoms in total. The number of hydrogen-bond donors (Lipinski definition) is 2. The molecule has 0 unspecified atom stereocenters. The molecule has 2 rings (SSSR count). The average molecular weight is 249 g/mol. The van der Waals surface area contributed by atoms with Crippen molar-refractivity contribution in [1.29, 1.82) is 0 Å². The third-order valence-electron chi connectivity index (χ3n) is 2.88. The molecule has 2 heterocycles. The fourth-order valence-corrected chi connectivity index (χ4v) is 1.92. The molecular formula is C12H15N3O3. The first-order valence-electron chi connectivity index (χ1n) is 5.91. The van der Waals surface area contributed by atoms with Crippen molar-refractivity contribution in [3.63, 3.8) is 0 Å². The zero-order chi connectivity index (χ0) is 13.0. The number of carbonyl (C=O) groups is 2. The molecule has 6 heteroatoms. The van der Waals surface area contributed by atoms with Gasteiger partial charge in [0.15, 0.2) is 0 Å². The third-order valence-corrected chi connectivity index (χ3v) is 2.88. The maximum atomic E-state index is 11.9. The van der Waals surface area contributed by atoms with Gasteiger partial charge >= 0.3 is 12.0 Å². The van der Waals surface area contributed by atoms with Crippen LogP contribution >= 0.6 is 0 Å². The van der Waals surface area contributed by atoms with E-state index in [0.29, 0.717) is 5.69 Å². The second kappa shape index (κ2) is 5.48. The number of carbonyl (C=O) groups excluding carboxylic acids is 1. The van der Waals surface area contributed by atoms with Gasteiger partial charge in [0.1, 0.15) is 0 Å². The molecule has 1 aromatic rings. The number of pyridine rings is 1. The van der Waals surface area contributed by atoms with E-state index in [0.717, 1.165) is 32.4 Å². The molecule has 1 saturated heterocycles. The molecule has 18 heavy (non-hydrogen) atoms. The van der Waals surface area contributed by atoms with Crippen LogP contribution in [0.15, 0.2) is 18.5 Å². The first kappa shape index (κ1) is 12.3. The number of amides is 2. The summed E-state index contributed by atoms with van der Waals surface area (Å²) in [5.41, 5.74) is 0.469. The Morgan fingerprint density at radius 2 is 1.94 bits per heavy atom. The van der Waals surface area contributed by atoms with E-state index in [9.17, 15) is 9.59 Å². The number of aromatic nitrogens is 1. The monoisotopic (exact) mass is 249 g/mol. The standard InChI is InChI=1S/C12H15N3O3/c16-11(17)9-6-10(8-13-7-9)14-12(18)15-4-2-1-3-5-15/h6-8H,1-5H2,(H,14,18)(H,16,17). The first-order valence-corrected chi connectivity index (χ1v) is 5.91. The number of hydrogen-bond acceptors (Lipinski definition) is 3. The van der Waals surface area contributed by atoms with Crippen LogP contribution in [0.4, 0.5) is 10.5 Å². The van der Waals surface area contributed by atoms with E-state index < -0.39 is 5.97 Å². The Balaban J connectivity index is 2.02. The SMILES string of the molecule is O=C(O)c1cncc(NC(=O)N2CCCCC2)c1. The molecule has 0 bridgehead atoms. The molecule has 1 aliphatic heterocycles. The third kappa shape index (κ3) is 2.97. The zero-order valence-electron chi connectivity index (χ0n) is 9.93. The number of likely N-dealkylation sites (tertiary alicyclic amines) is 1. The molecule has 2 N–H and O–H groups in total. The molecular weight excluding hydrogens is 234 g/mol. The smallest absolute Gasteiger partial charge is 0.337 e. The van der Waals surface area contributed by atoms with Crippen molar-refractivity contribution in [2.24, 2.45) is 0 Å². The Labute approximate surface area is 105 Å². The quantitative estimate of drug-likeness (QED) is 0.837. The lowest BCUT2D eigenvalue weighted by Crippen LogP contribution is -2.38. The van der Waals surface area contributed by atoms with Crippen LogP contribution in [0.3, 0.4) is 0 Å². The van der Waals surface area contributed by atoms with Gasteiger partial charge in [0.05, 0.1) is 17.4 Å². The molecule has 0 aromatic carbocycles. The normalized spacial score (nSPS) is 15.2. The highest BCUT2D eigenvalue weighted by molar-refractivity contribution is 5.92. The fraction of sp³-hybridized carbons (Fsp3) is 0.417. The molecule has 1 aliphatic rings. The van der Waals surface area contributed by atoms with Gasteiger partial charge in [0.25, 0.3) is 0 Å². The first-order chi connectivity index (χ1) is 8.66. The van der Waals surface area contributed by atoms with E-state index in [1.807, 2.05) is 0 Å². The molecule has 0 spiro atoms. The van der Waals surface area contributed by atoms with E-state index in [4.69, 9.17) is 5.11 Å². The lowest BCUT2D eigenvalue weighted by Gasteiger charge is -2.26. The van der Waals surface area contributed by atoms with Gasteiger partial charge in [-0.3, -0.25) is 4.98 Å². The second-order valence-corrected chi connectivity index (χ2v) is 4.25. The lowest BCUT2D eigenvalue weighted by atomic mass is 10.1. The molecule has 0 radical (unpaired) electrons. The van der Waals surface area contributed by atoms with Crippen LogP contribution in [0.1, 0.15) is 29.6 Å². The Hall–Kier alpha value is -2.11. The molecule has 1 fully saturated rings. The van der Waals surface area contributed by atoms with Gasteiger partial charge in [0.2, 0.25) is 0 Å². The van der Waals surface area contributed by atoms with Crippen molar-refractivity contribution in [2.45, 2.75) is 19.3 Å². The molecule has 96 valence electrons. The number of carboxylic acids is 1. The summed E-state index contributed by atoms with van der Waals surface area (Å²) in [5, 5.41) is 11.5. The van der Waals surface area contributed by atoms with Crippen molar-refractivity contribution in [3.8, 4) is 0 Å². The summed E-state index contributed by atoms with van der Waals surface area (Å²) < 4.78 is 0. The zero-order valence-corrected chi connectivity index (χ0v) is 9.93. The summed E-state index contributed by atoms with van der Waals surface area (Å²) in [7, 11) is 0. The largest absolute Gasteiger partial charge is 0.478 e. The number of aromatic carboxylic acids is 1. The van der Waals surface area contributed by atoms with Crippen LogP contribution < -0.4 is 5.32 Å². The summed E-state index contributed by atoms with van der Waals surface area (Å²) >= 11 is 0. The van der Waals surface area contributed by atoms with Crippen LogP contribution in [0, 0.1) is 0 Å². The average Bonchev–Trinajstić information content (AvgIpc) is 2.40. The van der Waals surface area contributed by atoms with Crippen molar-refractivity contribution in [3.05, 3.63) is 24.0 Å². The Morgan fingerprint density at radius 3 is 2.61 bits per heavy atom. The van der Waals surface area contributed by atoms with Gasteiger partial charge in [-0.1, -0.05) is 0 Å². The Kier molecular flexibility index (Phi) is 3.76. The van der Waals surface area contributed by atoms with Crippen LogP contribution in [0.5, 0.6) is 0 Å². The highest BCUT2D eigenvalue weighted by Gasteiger charge is 2.16. The van der Waals surface area contributed by atoms with Crippen molar-refractivity contribution in [1.82, 2.24) is 9.88 Å². The van der Waals surface area contributed by atoms with E-state index in [1.54, 1.807) is 4.90 Å². The molecule has 1 aromatic heterocycles. The van der Waals surface area contributed by atoms with E-state index in [1.165, 1.54) is 18.5 Å². The summed E-state index contributed by atoms with van der Waals surface area (Å²) in [6, 6.07) is 1.20. The van der Waals surface area contributed by atoms with Gasteiger partial charge in [-0.15, -0.1) is 0 Å². The minimum Gasteiger partial charge on any atom is -0.478 e. The van der Waals surface area contributed by atoms with Crippen molar-refractivity contribution < 1.29 is 14.7 Å². The predicted molar refractivity (Wildman–Crippen MR) is 65.6 cm³/mol. The molecule has 0 saturated carbocycles. The van der Waals surface area contributed by atoms with Gasteiger partial charge in [-0.05, 0) is 25.3 Å². The number of rotatable bonds is 2. The van der Waals surface area contributed by atoms with E-state index in [2.05, 4.69) is 10.3 Å². The maximum absolute atomic E-state index is 11.9. The predicted octanol–water partition coefficient (Wildman–Crippen LogP) is 1.80. The second-order valence-electron chi connectivity index (χ2n) is 4.25. The van der Waals surface area contributed by atoms with Crippen LogP contribution in [-0.4, -0.2) is 40.1 Å². The minimum absolute atomic E-state index is 0.0615. The van der Waals surface area contributed by atoms with Gasteiger partial charge in [-0.2, -0.15) is 0 Å². The molecule has 0 atom stereocenters. The number of nitrogens with one attached hydrogen (secondary N) is 1. The Bertz CT molecular complexity index is 456. The molecule has 0 aliphatic carbocycles. The van der Waals surface area contributed by atoms with Crippen LogP contribution in [0.2, 0.25) is 0 Å². The number of piperidine rings is 1. The Morgan fingerprint density at radius 1 is 1.22 bits per heavy atom. The topological polar surface area (TPSA) is 82.5 Å². The lowest BCUT2D eigenvalue weighted by molar-refractivity contribution is 0.0696. The van der Waals surface area contributed by atoms with Gasteiger partial charge in [0, 0.05) is 19.3 Å². The van der Waals surface area contributed by atoms with E-state index in [-0.39, 0.29) is 11.6 Å². The van der Waals surface area contributed by atoms with Crippen LogP contribution in [0.25, 0.3) is 0 Å². The number of anilines is 1.